The molecule has 0 fully saturated rings. The number of nitrogens with one attached hydrogen (secondary N) is 2. The van der Waals surface area contributed by atoms with Gasteiger partial charge in [-0.2, -0.15) is 0 Å². The van der Waals surface area contributed by atoms with Crippen LogP contribution in [0.25, 0.3) is 21.8 Å². The predicted octanol–water partition coefficient (Wildman–Crippen LogP) is 4.79. The van der Waals surface area contributed by atoms with Gasteiger partial charge >= 0.3 is 0 Å². The highest BCUT2D eigenvalue weighted by molar-refractivity contribution is 7.91. The highest BCUT2D eigenvalue weighted by atomic mass is 32.2. The summed E-state index contributed by atoms with van der Waals surface area (Å²) in [5.74, 6) is -0.668. The quantitative estimate of drug-likeness (QED) is 0.354. The van der Waals surface area contributed by atoms with Gasteiger partial charge in [-0.3, -0.25) is 4.79 Å². The Balaban J connectivity index is 1.77. The van der Waals surface area contributed by atoms with E-state index < -0.39 is 26.3 Å². The number of para-hydroxylation sites is 3. The number of ether oxygens (including phenoxy) is 1. The number of fused-ring (bicyclic) bond motifs is 4. The van der Waals surface area contributed by atoms with Crippen LogP contribution in [0.1, 0.15) is 33.3 Å². The first-order valence-corrected chi connectivity index (χ1v) is 14.3. The first-order valence-electron chi connectivity index (χ1n) is 12.8. The molecule has 1 atom stereocenters. The van der Waals surface area contributed by atoms with Crippen LogP contribution in [0.2, 0.25) is 0 Å². The zero-order valence-electron chi connectivity index (χ0n) is 22.4. The molecule has 1 aliphatic heterocycles. The standard InChI is InChI=1S/C29H34N4O4S/c1-6-32-24-13-9-7-11-21(24)22-19-20(15-16-25(22)32)29(27(34)31-38(35,36)28(2,3)4)30-23-12-8-10-14-26(23)33(29)17-18-37-5/h7-16,19,30H,6,17-18H2,1-5H3,(H,31,34). The van der Waals surface area contributed by atoms with Crippen LogP contribution in [0, 0.1) is 0 Å². The maximum absolute atomic E-state index is 14.3. The van der Waals surface area contributed by atoms with Crippen molar-refractivity contribution in [2.45, 2.75) is 44.6 Å². The van der Waals surface area contributed by atoms with Crippen molar-refractivity contribution in [1.29, 1.82) is 0 Å². The first kappa shape index (κ1) is 26.1. The maximum atomic E-state index is 14.3. The number of hydrogen-bond acceptors (Lipinski definition) is 6. The summed E-state index contributed by atoms with van der Waals surface area (Å²) in [5, 5.41) is 5.49. The van der Waals surface area contributed by atoms with Gasteiger partial charge in [-0.15, -0.1) is 0 Å². The van der Waals surface area contributed by atoms with Gasteiger partial charge in [-0.25, -0.2) is 13.1 Å². The van der Waals surface area contributed by atoms with Gasteiger partial charge in [0.05, 0.1) is 22.7 Å². The molecule has 1 amide bonds. The Morgan fingerprint density at radius 3 is 2.39 bits per heavy atom. The van der Waals surface area contributed by atoms with E-state index in [0.717, 1.165) is 39.7 Å². The monoisotopic (exact) mass is 534 g/mol. The third-order valence-electron chi connectivity index (χ3n) is 7.30. The Morgan fingerprint density at radius 2 is 1.68 bits per heavy atom. The van der Waals surface area contributed by atoms with E-state index in [1.54, 1.807) is 27.9 Å². The lowest BCUT2D eigenvalue weighted by Gasteiger charge is -2.39. The van der Waals surface area contributed by atoms with Gasteiger partial charge in [0.1, 0.15) is 0 Å². The lowest BCUT2D eigenvalue weighted by Crippen LogP contribution is -2.61. The number of nitrogens with zero attached hydrogens (tertiary/aromatic N) is 2. The van der Waals surface area contributed by atoms with E-state index in [1.165, 1.54) is 0 Å². The van der Waals surface area contributed by atoms with Gasteiger partial charge in [0.15, 0.2) is 0 Å². The minimum atomic E-state index is -3.99. The summed E-state index contributed by atoms with van der Waals surface area (Å²) in [6.45, 7) is 8.31. The van der Waals surface area contributed by atoms with E-state index in [-0.39, 0.29) is 0 Å². The molecule has 5 rings (SSSR count). The van der Waals surface area contributed by atoms with Crippen LogP contribution < -0.4 is 14.9 Å². The molecule has 1 aromatic heterocycles. The number of methoxy groups -OCH3 is 1. The minimum Gasteiger partial charge on any atom is -0.383 e. The molecule has 1 aliphatic rings. The summed E-state index contributed by atoms with van der Waals surface area (Å²) in [6, 6.07) is 21.7. The van der Waals surface area contributed by atoms with Crippen molar-refractivity contribution in [2.75, 3.05) is 30.5 Å². The molecule has 1 unspecified atom stereocenters. The molecule has 9 heteroatoms. The van der Waals surface area contributed by atoms with Crippen LogP contribution in [0.4, 0.5) is 11.4 Å². The summed E-state index contributed by atoms with van der Waals surface area (Å²) in [7, 11) is -2.39. The maximum Gasteiger partial charge on any atom is 0.285 e. The number of benzene rings is 3. The fourth-order valence-electron chi connectivity index (χ4n) is 5.24. The molecular weight excluding hydrogens is 500 g/mol. The molecule has 8 nitrogen and oxygen atoms in total. The second-order valence-electron chi connectivity index (χ2n) is 10.5. The van der Waals surface area contributed by atoms with Crippen LogP contribution in [-0.4, -0.2) is 43.9 Å². The van der Waals surface area contributed by atoms with Gasteiger partial charge in [0.2, 0.25) is 15.7 Å². The molecule has 0 bridgehead atoms. The summed E-state index contributed by atoms with van der Waals surface area (Å²) in [4.78, 5) is 16.2. The number of anilines is 2. The summed E-state index contributed by atoms with van der Waals surface area (Å²) in [6.07, 6.45) is 0. The molecule has 0 saturated heterocycles. The number of aryl methyl sites for hydroxylation is 1. The van der Waals surface area contributed by atoms with Crippen LogP contribution in [-0.2, 0) is 31.8 Å². The minimum absolute atomic E-state index is 0.342. The topological polar surface area (TPSA) is 92.7 Å². The van der Waals surface area contributed by atoms with Crippen molar-refractivity contribution in [1.82, 2.24) is 9.29 Å². The van der Waals surface area contributed by atoms with E-state index in [2.05, 4.69) is 33.7 Å². The smallest absolute Gasteiger partial charge is 0.285 e. The van der Waals surface area contributed by atoms with Crippen molar-refractivity contribution in [3.05, 3.63) is 72.3 Å². The Labute approximate surface area is 223 Å². The average molecular weight is 535 g/mol. The third kappa shape index (κ3) is 3.92. The number of carbonyl (C=O) groups excluding carboxylic acids is 1. The number of amides is 1. The van der Waals surface area contributed by atoms with Crippen molar-refractivity contribution in [2.24, 2.45) is 0 Å². The van der Waals surface area contributed by atoms with Gasteiger partial charge in [-0.1, -0.05) is 36.4 Å². The van der Waals surface area contributed by atoms with Crippen LogP contribution in [0.3, 0.4) is 0 Å². The van der Waals surface area contributed by atoms with Crippen LogP contribution in [0.15, 0.2) is 66.7 Å². The number of aromatic nitrogens is 1. The van der Waals surface area contributed by atoms with Gasteiger partial charge in [0, 0.05) is 47.6 Å². The molecule has 0 spiro atoms. The molecule has 0 radical (unpaired) electrons. The van der Waals surface area contributed by atoms with Crippen LogP contribution >= 0.6 is 0 Å². The van der Waals surface area contributed by atoms with E-state index in [4.69, 9.17) is 4.74 Å². The van der Waals surface area contributed by atoms with Crippen molar-refractivity contribution in [3.63, 3.8) is 0 Å². The largest absolute Gasteiger partial charge is 0.383 e. The Bertz CT molecular complexity index is 1640. The number of sulfonamides is 1. The molecule has 2 heterocycles. The molecular formula is C29H34N4O4S. The van der Waals surface area contributed by atoms with Gasteiger partial charge in [0.25, 0.3) is 5.91 Å². The highest BCUT2D eigenvalue weighted by Gasteiger charge is 2.53. The molecule has 0 aliphatic carbocycles. The van der Waals surface area contributed by atoms with Crippen molar-refractivity contribution in [3.8, 4) is 0 Å². The van der Waals surface area contributed by atoms with Crippen molar-refractivity contribution >= 4 is 49.1 Å². The van der Waals surface area contributed by atoms with Gasteiger partial charge < -0.3 is 19.5 Å². The molecule has 38 heavy (non-hydrogen) atoms. The molecule has 200 valence electrons. The fourth-order valence-corrected chi connectivity index (χ4v) is 5.93. The Morgan fingerprint density at radius 1 is 1.00 bits per heavy atom. The summed E-state index contributed by atoms with van der Waals surface area (Å²) in [5.41, 5.74) is 2.80. The van der Waals surface area contributed by atoms with E-state index in [9.17, 15) is 13.2 Å². The van der Waals surface area contributed by atoms with E-state index >= 15 is 0 Å². The van der Waals surface area contributed by atoms with Crippen LogP contribution in [0.5, 0.6) is 0 Å². The zero-order valence-corrected chi connectivity index (χ0v) is 23.2. The molecule has 3 aromatic carbocycles. The summed E-state index contributed by atoms with van der Waals surface area (Å²) >= 11 is 0. The number of rotatable bonds is 7. The number of hydrogen-bond donors (Lipinski definition) is 2. The van der Waals surface area contributed by atoms with E-state index in [0.29, 0.717) is 18.7 Å². The summed E-state index contributed by atoms with van der Waals surface area (Å²) < 4.78 is 35.3. The molecule has 2 N–H and O–H groups in total. The predicted molar refractivity (Wildman–Crippen MR) is 153 cm³/mol. The second kappa shape index (κ2) is 9.32. The second-order valence-corrected chi connectivity index (χ2v) is 13.0. The lowest BCUT2D eigenvalue weighted by molar-refractivity contribution is -0.124. The Hall–Kier alpha value is -3.56. The van der Waals surface area contributed by atoms with E-state index in [1.807, 2.05) is 59.5 Å². The Kier molecular flexibility index (Phi) is 6.39. The fraction of sp³-hybridized carbons (Fsp3) is 0.345. The normalized spacial score (nSPS) is 17.6. The molecule has 0 saturated carbocycles. The SMILES string of the molecule is CCn1c2ccccc2c2cc(C3(C(=O)NS(=O)(=O)C(C)(C)C)Nc4ccccc4N3CCOC)ccc21. The highest BCUT2D eigenvalue weighted by Crippen LogP contribution is 2.46. The lowest BCUT2D eigenvalue weighted by atomic mass is 9.95. The van der Waals surface area contributed by atoms with Crippen molar-refractivity contribution < 1.29 is 17.9 Å². The zero-order chi connectivity index (χ0) is 27.3. The first-order chi connectivity index (χ1) is 18.0. The van der Waals surface area contributed by atoms with Gasteiger partial charge in [-0.05, 0) is 58.0 Å². The average Bonchev–Trinajstić information content (AvgIpc) is 3.39. The molecule has 4 aromatic rings. The third-order valence-corrected chi connectivity index (χ3v) is 9.37. The number of carbonyl (C=O) groups is 1.